The second-order valence-electron chi connectivity index (χ2n) is 4.79. The van der Waals surface area contributed by atoms with Crippen LogP contribution < -0.4 is 10.6 Å². The summed E-state index contributed by atoms with van der Waals surface area (Å²) in [5.74, 6) is 0. The van der Waals surface area contributed by atoms with Crippen molar-refractivity contribution in [2.75, 3.05) is 44.7 Å². The third kappa shape index (κ3) is 4.77. The Morgan fingerprint density at radius 3 is 2.85 bits per heavy atom. The maximum absolute atomic E-state index is 11.8. The Morgan fingerprint density at radius 2 is 2.15 bits per heavy atom. The second-order valence-corrected chi connectivity index (χ2v) is 5.71. The summed E-state index contributed by atoms with van der Waals surface area (Å²) < 4.78 is 6.29. The van der Waals surface area contributed by atoms with E-state index < -0.39 is 0 Å². The van der Waals surface area contributed by atoms with Crippen LogP contribution in [0, 0.1) is 6.92 Å². The van der Waals surface area contributed by atoms with E-state index in [0.29, 0.717) is 6.54 Å². The monoisotopic (exact) mass is 341 g/mol. The zero-order valence-electron chi connectivity index (χ0n) is 11.6. The molecule has 2 rings (SSSR count). The molecule has 1 aliphatic heterocycles. The summed E-state index contributed by atoms with van der Waals surface area (Å²) in [5.41, 5.74) is 1.86. The SMILES string of the molecule is Cc1cc(Br)ccc1NC(=O)NCCN1CCOCC1. The molecule has 0 unspecified atom stereocenters. The van der Waals surface area contributed by atoms with Gasteiger partial charge in [-0.3, -0.25) is 4.90 Å². The number of rotatable bonds is 4. The van der Waals surface area contributed by atoms with E-state index in [-0.39, 0.29) is 6.03 Å². The highest BCUT2D eigenvalue weighted by Crippen LogP contribution is 2.19. The van der Waals surface area contributed by atoms with E-state index in [2.05, 4.69) is 31.5 Å². The average molecular weight is 342 g/mol. The Morgan fingerprint density at radius 1 is 1.40 bits per heavy atom. The number of nitrogens with zero attached hydrogens (tertiary/aromatic N) is 1. The first-order valence-corrected chi connectivity index (χ1v) is 7.55. The first-order valence-electron chi connectivity index (χ1n) is 6.76. The summed E-state index contributed by atoms with van der Waals surface area (Å²) in [7, 11) is 0. The molecule has 1 aromatic carbocycles. The molecule has 5 nitrogen and oxygen atoms in total. The first kappa shape index (κ1) is 15.3. The van der Waals surface area contributed by atoms with Crippen LogP contribution in [0.3, 0.4) is 0 Å². The maximum Gasteiger partial charge on any atom is 0.319 e. The maximum atomic E-state index is 11.8. The van der Waals surface area contributed by atoms with Crippen molar-refractivity contribution in [3.05, 3.63) is 28.2 Å². The standard InChI is InChI=1S/C14H20BrN3O2/c1-11-10-12(15)2-3-13(11)17-14(19)16-4-5-18-6-8-20-9-7-18/h2-3,10H,4-9H2,1H3,(H2,16,17,19). The normalized spacial score (nSPS) is 15.9. The summed E-state index contributed by atoms with van der Waals surface area (Å²) >= 11 is 3.40. The molecule has 0 aliphatic carbocycles. The molecule has 0 bridgehead atoms. The lowest BCUT2D eigenvalue weighted by Crippen LogP contribution is -2.42. The van der Waals surface area contributed by atoms with Gasteiger partial charge in [-0.05, 0) is 30.7 Å². The fourth-order valence-corrected chi connectivity index (χ4v) is 2.56. The molecule has 1 fully saturated rings. The highest BCUT2D eigenvalue weighted by Gasteiger charge is 2.10. The number of aryl methyl sites for hydroxylation is 1. The van der Waals surface area contributed by atoms with Crippen LogP contribution in [0.2, 0.25) is 0 Å². The van der Waals surface area contributed by atoms with Crippen LogP contribution in [0.5, 0.6) is 0 Å². The lowest BCUT2D eigenvalue weighted by Gasteiger charge is -2.26. The lowest BCUT2D eigenvalue weighted by atomic mass is 10.2. The van der Waals surface area contributed by atoms with Gasteiger partial charge in [-0.15, -0.1) is 0 Å². The number of hydrogen-bond donors (Lipinski definition) is 2. The van der Waals surface area contributed by atoms with Crippen LogP contribution in [0.4, 0.5) is 10.5 Å². The number of carbonyl (C=O) groups is 1. The lowest BCUT2D eigenvalue weighted by molar-refractivity contribution is 0.0388. The van der Waals surface area contributed by atoms with Gasteiger partial charge in [0.25, 0.3) is 0 Å². The molecule has 0 radical (unpaired) electrons. The van der Waals surface area contributed by atoms with Crippen LogP contribution in [-0.2, 0) is 4.74 Å². The van der Waals surface area contributed by atoms with Gasteiger partial charge in [0.1, 0.15) is 0 Å². The highest BCUT2D eigenvalue weighted by atomic mass is 79.9. The number of ether oxygens (including phenoxy) is 1. The molecule has 0 spiro atoms. The topological polar surface area (TPSA) is 53.6 Å². The van der Waals surface area contributed by atoms with E-state index in [1.165, 1.54) is 0 Å². The largest absolute Gasteiger partial charge is 0.379 e. The van der Waals surface area contributed by atoms with Crippen molar-refractivity contribution in [3.63, 3.8) is 0 Å². The number of amides is 2. The van der Waals surface area contributed by atoms with Crippen LogP contribution in [0.15, 0.2) is 22.7 Å². The van der Waals surface area contributed by atoms with E-state index in [1.807, 2.05) is 25.1 Å². The Kier molecular flexibility index (Phi) is 5.82. The summed E-state index contributed by atoms with van der Waals surface area (Å²) in [4.78, 5) is 14.1. The number of nitrogens with one attached hydrogen (secondary N) is 2. The van der Waals surface area contributed by atoms with Gasteiger partial charge >= 0.3 is 6.03 Å². The van der Waals surface area contributed by atoms with E-state index in [9.17, 15) is 4.79 Å². The molecule has 2 N–H and O–H groups in total. The van der Waals surface area contributed by atoms with Crippen molar-refractivity contribution >= 4 is 27.6 Å². The second kappa shape index (κ2) is 7.61. The summed E-state index contributed by atoms with van der Waals surface area (Å²) in [6.45, 7) is 6.91. The Hall–Kier alpha value is -1.11. The molecule has 0 aromatic heterocycles. The van der Waals surface area contributed by atoms with Crippen molar-refractivity contribution in [2.24, 2.45) is 0 Å². The molecule has 20 heavy (non-hydrogen) atoms. The van der Waals surface area contributed by atoms with Crippen molar-refractivity contribution in [1.29, 1.82) is 0 Å². The number of urea groups is 1. The molecular formula is C14H20BrN3O2. The fraction of sp³-hybridized carbons (Fsp3) is 0.500. The molecule has 1 heterocycles. The van der Waals surface area contributed by atoms with Gasteiger partial charge in [0.15, 0.2) is 0 Å². The molecule has 0 saturated carbocycles. The number of morpholine rings is 1. The number of benzene rings is 1. The predicted molar refractivity (Wildman–Crippen MR) is 83.2 cm³/mol. The van der Waals surface area contributed by atoms with Crippen LogP contribution >= 0.6 is 15.9 Å². The zero-order chi connectivity index (χ0) is 14.4. The predicted octanol–water partition coefficient (Wildman–Crippen LogP) is 2.21. The van der Waals surface area contributed by atoms with Crippen molar-refractivity contribution in [3.8, 4) is 0 Å². The number of hydrogen-bond acceptors (Lipinski definition) is 3. The quantitative estimate of drug-likeness (QED) is 0.882. The van der Waals surface area contributed by atoms with Crippen molar-refractivity contribution in [2.45, 2.75) is 6.92 Å². The van der Waals surface area contributed by atoms with Gasteiger partial charge in [0.2, 0.25) is 0 Å². The smallest absolute Gasteiger partial charge is 0.319 e. The Labute approximate surface area is 127 Å². The summed E-state index contributed by atoms with van der Waals surface area (Å²) in [5, 5.41) is 5.74. The average Bonchev–Trinajstić information content (AvgIpc) is 2.43. The van der Waals surface area contributed by atoms with Gasteiger partial charge in [0, 0.05) is 36.3 Å². The van der Waals surface area contributed by atoms with E-state index in [0.717, 1.165) is 48.6 Å². The molecule has 1 aliphatic rings. The van der Waals surface area contributed by atoms with Gasteiger partial charge < -0.3 is 15.4 Å². The minimum atomic E-state index is -0.163. The van der Waals surface area contributed by atoms with E-state index in [4.69, 9.17) is 4.74 Å². The minimum absolute atomic E-state index is 0.163. The fourth-order valence-electron chi connectivity index (χ4n) is 2.09. The molecule has 6 heteroatoms. The van der Waals surface area contributed by atoms with Gasteiger partial charge in [-0.1, -0.05) is 15.9 Å². The van der Waals surface area contributed by atoms with Gasteiger partial charge in [-0.2, -0.15) is 0 Å². The molecular weight excluding hydrogens is 322 g/mol. The van der Waals surface area contributed by atoms with Gasteiger partial charge in [-0.25, -0.2) is 4.79 Å². The van der Waals surface area contributed by atoms with Crippen molar-refractivity contribution < 1.29 is 9.53 Å². The van der Waals surface area contributed by atoms with Crippen molar-refractivity contribution in [1.82, 2.24) is 10.2 Å². The highest BCUT2D eigenvalue weighted by molar-refractivity contribution is 9.10. The summed E-state index contributed by atoms with van der Waals surface area (Å²) in [6.07, 6.45) is 0. The third-order valence-electron chi connectivity index (χ3n) is 3.25. The number of carbonyl (C=O) groups excluding carboxylic acids is 1. The summed E-state index contributed by atoms with van der Waals surface area (Å²) in [6, 6.07) is 5.62. The third-order valence-corrected chi connectivity index (χ3v) is 3.75. The molecule has 0 atom stereocenters. The molecule has 2 amide bonds. The zero-order valence-corrected chi connectivity index (χ0v) is 13.2. The molecule has 110 valence electrons. The molecule has 1 aromatic rings. The Balaban J connectivity index is 1.72. The first-order chi connectivity index (χ1) is 9.65. The number of anilines is 1. The van der Waals surface area contributed by atoms with E-state index >= 15 is 0 Å². The molecule has 1 saturated heterocycles. The van der Waals surface area contributed by atoms with Gasteiger partial charge in [0.05, 0.1) is 13.2 Å². The van der Waals surface area contributed by atoms with E-state index in [1.54, 1.807) is 0 Å². The van der Waals surface area contributed by atoms with Crippen LogP contribution in [0.25, 0.3) is 0 Å². The minimum Gasteiger partial charge on any atom is -0.379 e. The van der Waals surface area contributed by atoms with Crippen LogP contribution in [-0.4, -0.2) is 50.3 Å². The van der Waals surface area contributed by atoms with Crippen LogP contribution in [0.1, 0.15) is 5.56 Å². The Bertz CT molecular complexity index is 462. The number of halogens is 1.